The molecule has 27 heavy (non-hydrogen) atoms. The van der Waals surface area contributed by atoms with Gasteiger partial charge in [0.1, 0.15) is 0 Å². The smallest absolute Gasteiger partial charge is 0.313 e. The van der Waals surface area contributed by atoms with Crippen molar-refractivity contribution in [1.29, 1.82) is 0 Å². The molecule has 142 valence electrons. The number of benzene rings is 2. The summed E-state index contributed by atoms with van der Waals surface area (Å²) in [5, 5.41) is 2.74. The molecule has 5 nitrogen and oxygen atoms in total. The average Bonchev–Trinajstić information content (AvgIpc) is 2.62. The predicted octanol–water partition coefficient (Wildman–Crippen LogP) is 3.21. The first-order valence-corrected chi connectivity index (χ1v) is 9.35. The van der Waals surface area contributed by atoms with Crippen LogP contribution in [0.3, 0.4) is 0 Å². The lowest BCUT2D eigenvalue weighted by atomic mass is 10.1. The lowest BCUT2D eigenvalue weighted by molar-refractivity contribution is -0.143. The molecule has 0 aliphatic carbocycles. The SMILES string of the molecule is Cc1cc(C)cc(NC(=O)C(=O)N2CCN(c3cccc(C)c3C)CC2)c1. The van der Waals surface area contributed by atoms with Crippen molar-refractivity contribution in [3.63, 3.8) is 0 Å². The number of anilines is 2. The first-order chi connectivity index (χ1) is 12.8. The minimum atomic E-state index is -0.569. The third-order valence-electron chi connectivity index (χ3n) is 5.16. The van der Waals surface area contributed by atoms with E-state index in [2.05, 4.69) is 42.3 Å². The molecule has 0 atom stereocenters. The lowest BCUT2D eigenvalue weighted by Gasteiger charge is -2.36. The number of carbonyl (C=O) groups excluding carboxylic acids is 2. The summed E-state index contributed by atoms with van der Waals surface area (Å²) in [5.41, 5.74) is 6.52. The lowest BCUT2D eigenvalue weighted by Crippen LogP contribution is -2.51. The molecular formula is C22H27N3O2. The van der Waals surface area contributed by atoms with E-state index in [-0.39, 0.29) is 0 Å². The summed E-state index contributed by atoms with van der Waals surface area (Å²) in [5.74, 6) is -1.03. The van der Waals surface area contributed by atoms with E-state index in [0.717, 1.165) is 24.2 Å². The van der Waals surface area contributed by atoms with Crippen LogP contribution in [-0.2, 0) is 9.59 Å². The van der Waals surface area contributed by atoms with Crippen LogP contribution in [0.25, 0.3) is 0 Å². The Morgan fingerprint density at radius 1 is 0.889 bits per heavy atom. The van der Waals surface area contributed by atoms with Crippen molar-refractivity contribution < 1.29 is 9.59 Å². The second kappa shape index (κ2) is 7.82. The van der Waals surface area contributed by atoms with Gasteiger partial charge >= 0.3 is 11.8 Å². The van der Waals surface area contributed by atoms with Crippen LogP contribution in [0.15, 0.2) is 36.4 Å². The van der Waals surface area contributed by atoms with Gasteiger partial charge in [-0.05, 0) is 68.1 Å². The molecule has 1 N–H and O–H groups in total. The molecule has 0 bridgehead atoms. The topological polar surface area (TPSA) is 52.7 Å². The number of hydrogen-bond acceptors (Lipinski definition) is 3. The quantitative estimate of drug-likeness (QED) is 0.832. The number of nitrogens with one attached hydrogen (secondary N) is 1. The van der Waals surface area contributed by atoms with Crippen molar-refractivity contribution in [3.8, 4) is 0 Å². The van der Waals surface area contributed by atoms with E-state index >= 15 is 0 Å². The molecule has 0 radical (unpaired) electrons. The Hall–Kier alpha value is -2.82. The zero-order valence-corrected chi connectivity index (χ0v) is 16.5. The van der Waals surface area contributed by atoms with Crippen LogP contribution in [0, 0.1) is 27.7 Å². The fourth-order valence-electron chi connectivity index (χ4n) is 3.60. The summed E-state index contributed by atoms with van der Waals surface area (Å²) >= 11 is 0. The third-order valence-corrected chi connectivity index (χ3v) is 5.16. The van der Waals surface area contributed by atoms with Crippen LogP contribution >= 0.6 is 0 Å². The summed E-state index contributed by atoms with van der Waals surface area (Å²) in [7, 11) is 0. The second-order valence-electron chi connectivity index (χ2n) is 7.33. The molecule has 2 aromatic carbocycles. The summed E-state index contributed by atoms with van der Waals surface area (Å²) in [6.07, 6.45) is 0. The Balaban J connectivity index is 1.61. The van der Waals surface area contributed by atoms with Crippen molar-refractivity contribution in [2.45, 2.75) is 27.7 Å². The number of rotatable bonds is 2. The van der Waals surface area contributed by atoms with Gasteiger partial charge in [-0.3, -0.25) is 9.59 Å². The first kappa shape index (κ1) is 19.0. The van der Waals surface area contributed by atoms with E-state index in [4.69, 9.17) is 0 Å². The maximum Gasteiger partial charge on any atom is 0.313 e. The maximum atomic E-state index is 12.5. The van der Waals surface area contributed by atoms with Gasteiger partial charge in [-0.25, -0.2) is 0 Å². The fraction of sp³-hybridized carbons (Fsp3) is 0.364. The highest BCUT2D eigenvalue weighted by Gasteiger charge is 2.26. The highest BCUT2D eigenvalue weighted by Crippen LogP contribution is 2.24. The van der Waals surface area contributed by atoms with Gasteiger partial charge in [0, 0.05) is 37.6 Å². The normalized spacial score (nSPS) is 14.2. The van der Waals surface area contributed by atoms with Crippen molar-refractivity contribution in [3.05, 3.63) is 58.7 Å². The van der Waals surface area contributed by atoms with Crippen LogP contribution in [0.2, 0.25) is 0 Å². The number of piperazine rings is 1. The first-order valence-electron chi connectivity index (χ1n) is 9.35. The number of hydrogen-bond donors (Lipinski definition) is 1. The van der Waals surface area contributed by atoms with Crippen molar-refractivity contribution in [2.75, 3.05) is 36.4 Å². The molecule has 0 saturated carbocycles. The Labute approximate surface area is 161 Å². The van der Waals surface area contributed by atoms with E-state index in [1.807, 2.05) is 32.0 Å². The third kappa shape index (κ3) is 4.30. The molecule has 1 saturated heterocycles. The number of amides is 2. The second-order valence-corrected chi connectivity index (χ2v) is 7.33. The van der Waals surface area contributed by atoms with E-state index in [1.165, 1.54) is 16.8 Å². The molecule has 3 rings (SSSR count). The highest BCUT2D eigenvalue weighted by molar-refractivity contribution is 6.39. The molecule has 1 aliphatic rings. The molecule has 2 amide bonds. The predicted molar refractivity (Wildman–Crippen MR) is 109 cm³/mol. The summed E-state index contributed by atoms with van der Waals surface area (Å²) < 4.78 is 0. The molecule has 2 aromatic rings. The van der Waals surface area contributed by atoms with Crippen LogP contribution in [0.5, 0.6) is 0 Å². The molecular weight excluding hydrogens is 338 g/mol. The van der Waals surface area contributed by atoms with E-state index in [0.29, 0.717) is 18.8 Å². The zero-order valence-electron chi connectivity index (χ0n) is 16.5. The van der Waals surface area contributed by atoms with Crippen LogP contribution < -0.4 is 10.2 Å². The molecule has 1 aliphatic heterocycles. The molecule has 1 fully saturated rings. The van der Waals surface area contributed by atoms with Gasteiger partial charge in [-0.15, -0.1) is 0 Å². The highest BCUT2D eigenvalue weighted by atomic mass is 16.2. The van der Waals surface area contributed by atoms with Gasteiger partial charge in [0.25, 0.3) is 0 Å². The molecule has 5 heteroatoms. The van der Waals surface area contributed by atoms with Gasteiger partial charge in [0.05, 0.1) is 0 Å². The molecule has 0 unspecified atom stereocenters. The largest absolute Gasteiger partial charge is 0.368 e. The van der Waals surface area contributed by atoms with Gasteiger partial charge in [0.15, 0.2) is 0 Å². The Morgan fingerprint density at radius 2 is 1.52 bits per heavy atom. The van der Waals surface area contributed by atoms with E-state index in [9.17, 15) is 9.59 Å². The van der Waals surface area contributed by atoms with Crippen molar-refractivity contribution in [2.24, 2.45) is 0 Å². The van der Waals surface area contributed by atoms with Crippen molar-refractivity contribution >= 4 is 23.2 Å². The Morgan fingerprint density at radius 3 is 2.15 bits per heavy atom. The zero-order chi connectivity index (χ0) is 19.6. The van der Waals surface area contributed by atoms with E-state index < -0.39 is 11.8 Å². The van der Waals surface area contributed by atoms with Crippen LogP contribution in [0.1, 0.15) is 22.3 Å². The summed E-state index contributed by atoms with van der Waals surface area (Å²) in [4.78, 5) is 28.8. The number of aryl methyl sites for hydroxylation is 3. The maximum absolute atomic E-state index is 12.5. The minimum absolute atomic E-state index is 0.463. The van der Waals surface area contributed by atoms with E-state index in [1.54, 1.807) is 4.90 Å². The number of nitrogens with zero attached hydrogens (tertiary/aromatic N) is 2. The monoisotopic (exact) mass is 365 g/mol. The Bertz CT molecular complexity index is 848. The van der Waals surface area contributed by atoms with Crippen LogP contribution in [0.4, 0.5) is 11.4 Å². The molecule has 1 heterocycles. The number of carbonyl (C=O) groups is 2. The van der Waals surface area contributed by atoms with Gasteiger partial charge in [-0.1, -0.05) is 18.2 Å². The van der Waals surface area contributed by atoms with Gasteiger partial charge in [0.2, 0.25) is 0 Å². The van der Waals surface area contributed by atoms with Crippen LogP contribution in [-0.4, -0.2) is 42.9 Å². The summed E-state index contributed by atoms with van der Waals surface area (Å²) in [6.45, 7) is 10.7. The van der Waals surface area contributed by atoms with Crippen molar-refractivity contribution in [1.82, 2.24) is 4.90 Å². The molecule has 0 aromatic heterocycles. The molecule has 0 spiro atoms. The summed E-state index contributed by atoms with van der Waals surface area (Å²) in [6, 6.07) is 12.1. The van der Waals surface area contributed by atoms with Gasteiger partial charge < -0.3 is 15.1 Å². The average molecular weight is 365 g/mol. The standard InChI is InChI=1S/C22H27N3O2/c1-15-12-16(2)14-19(13-15)23-21(26)22(27)25-10-8-24(9-11-25)20-7-5-6-17(3)18(20)4/h5-7,12-14H,8-11H2,1-4H3,(H,23,26). The minimum Gasteiger partial charge on any atom is -0.368 e. The Kier molecular flexibility index (Phi) is 5.49. The van der Waals surface area contributed by atoms with Gasteiger partial charge in [-0.2, -0.15) is 0 Å². The fourth-order valence-corrected chi connectivity index (χ4v) is 3.60.